The number of amides is 1. The van der Waals surface area contributed by atoms with Crippen molar-refractivity contribution in [1.82, 2.24) is 10.3 Å². The van der Waals surface area contributed by atoms with E-state index in [4.69, 9.17) is 0 Å². The minimum absolute atomic E-state index is 0.0758. The van der Waals surface area contributed by atoms with Gasteiger partial charge in [0, 0.05) is 18.4 Å². The summed E-state index contributed by atoms with van der Waals surface area (Å²) in [6.45, 7) is 3.90. The predicted octanol–water partition coefficient (Wildman–Crippen LogP) is 2.85. The summed E-state index contributed by atoms with van der Waals surface area (Å²) in [5, 5.41) is 12.2. The maximum Gasteiger partial charge on any atom is 0.253 e. The Morgan fingerprint density at radius 2 is 2.00 bits per heavy atom. The maximum absolute atomic E-state index is 12.1. The standard InChI is InChI=1S/C17H20N2O2/c1-12-9-15(11-18-10-12)17(21)19-13(2)3-4-14-5-7-16(20)8-6-14/h5-11,13,20H,3-4H2,1-2H3,(H,19,21)/t13-/m0/s1. The Kier molecular flexibility index (Phi) is 4.93. The number of carbonyl (C=O) groups excluding carboxylic acids is 1. The fourth-order valence-corrected chi connectivity index (χ4v) is 2.10. The van der Waals surface area contributed by atoms with Crippen LogP contribution in [0.15, 0.2) is 42.7 Å². The lowest BCUT2D eigenvalue weighted by atomic mass is 10.1. The van der Waals surface area contributed by atoms with Crippen molar-refractivity contribution in [3.05, 3.63) is 59.4 Å². The van der Waals surface area contributed by atoms with Crippen LogP contribution in [0.5, 0.6) is 5.75 Å². The number of rotatable bonds is 5. The van der Waals surface area contributed by atoms with Gasteiger partial charge in [0.05, 0.1) is 5.56 Å². The number of phenols is 1. The Balaban J connectivity index is 1.85. The molecule has 110 valence electrons. The molecule has 0 saturated carbocycles. The van der Waals surface area contributed by atoms with Crippen LogP contribution in [0.3, 0.4) is 0 Å². The minimum atomic E-state index is -0.0931. The summed E-state index contributed by atoms with van der Waals surface area (Å²) in [5.74, 6) is 0.177. The number of hydrogen-bond acceptors (Lipinski definition) is 3. The second kappa shape index (κ2) is 6.88. The average Bonchev–Trinajstić information content (AvgIpc) is 2.46. The SMILES string of the molecule is Cc1cncc(C(=O)N[C@@H](C)CCc2ccc(O)cc2)c1. The molecule has 0 spiro atoms. The monoisotopic (exact) mass is 284 g/mol. The molecule has 4 heteroatoms. The number of phenolic OH excluding ortho intramolecular Hbond substituents is 1. The zero-order valence-corrected chi connectivity index (χ0v) is 12.3. The molecule has 1 aromatic heterocycles. The zero-order chi connectivity index (χ0) is 15.2. The Labute approximate surface area is 124 Å². The molecular weight excluding hydrogens is 264 g/mol. The molecule has 2 rings (SSSR count). The summed E-state index contributed by atoms with van der Waals surface area (Å²) in [6, 6.07) is 9.05. The molecular formula is C17H20N2O2. The number of aryl methyl sites for hydroxylation is 2. The smallest absolute Gasteiger partial charge is 0.253 e. The summed E-state index contributed by atoms with van der Waals surface area (Å²) >= 11 is 0. The summed E-state index contributed by atoms with van der Waals surface area (Å²) in [7, 11) is 0. The van der Waals surface area contributed by atoms with E-state index in [1.807, 2.05) is 32.0 Å². The average molecular weight is 284 g/mol. The number of aromatic nitrogens is 1. The molecule has 0 aliphatic rings. The zero-order valence-electron chi connectivity index (χ0n) is 12.3. The van der Waals surface area contributed by atoms with Gasteiger partial charge in [-0.3, -0.25) is 9.78 Å². The van der Waals surface area contributed by atoms with Gasteiger partial charge in [-0.15, -0.1) is 0 Å². The molecule has 0 fully saturated rings. The number of carbonyl (C=O) groups is 1. The number of aromatic hydroxyl groups is 1. The molecule has 1 heterocycles. The number of benzene rings is 1. The molecule has 1 atom stereocenters. The number of hydrogen-bond donors (Lipinski definition) is 2. The van der Waals surface area contributed by atoms with Crippen LogP contribution in [0.25, 0.3) is 0 Å². The van der Waals surface area contributed by atoms with Gasteiger partial charge in [-0.25, -0.2) is 0 Å². The molecule has 2 N–H and O–H groups in total. The Morgan fingerprint density at radius 3 is 2.67 bits per heavy atom. The molecule has 0 aliphatic heterocycles. The first-order valence-electron chi connectivity index (χ1n) is 7.05. The summed E-state index contributed by atoms with van der Waals surface area (Å²) in [4.78, 5) is 16.1. The van der Waals surface area contributed by atoms with Crippen molar-refractivity contribution in [3.8, 4) is 5.75 Å². The van der Waals surface area contributed by atoms with Gasteiger partial charge in [-0.05, 0) is 56.0 Å². The minimum Gasteiger partial charge on any atom is -0.508 e. The molecule has 0 bridgehead atoms. The van der Waals surface area contributed by atoms with Gasteiger partial charge in [-0.2, -0.15) is 0 Å². The van der Waals surface area contributed by atoms with Gasteiger partial charge in [0.25, 0.3) is 5.91 Å². The van der Waals surface area contributed by atoms with Crippen molar-refractivity contribution in [3.63, 3.8) is 0 Å². The molecule has 4 nitrogen and oxygen atoms in total. The van der Waals surface area contributed by atoms with E-state index >= 15 is 0 Å². The van der Waals surface area contributed by atoms with Gasteiger partial charge in [0.1, 0.15) is 5.75 Å². The van der Waals surface area contributed by atoms with Crippen LogP contribution in [-0.4, -0.2) is 22.0 Å². The van der Waals surface area contributed by atoms with Gasteiger partial charge in [0.2, 0.25) is 0 Å². The van der Waals surface area contributed by atoms with Crippen LogP contribution in [0.2, 0.25) is 0 Å². The van der Waals surface area contributed by atoms with E-state index in [0.717, 1.165) is 24.0 Å². The van der Waals surface area contributed by atoms with E-state index in [-0.39, 0.29) is 17.7 Å². The summed E-state index contributed by atoms with van der Waals surface area (Å²) < 4.78 is 0. The highest BCUT2D eigenvalue weighted by atomic mass is 16.3. The van der Waals surface area contributed by atoms with Gasteiger partial charge >= 0.3 is 0 Å². The molecule has 21 heavy (non-hydrogen) atoms. The van der Waals surface area contributed by atoms with Crippen molar-refractivity contribution < 1.29 is 9.90 Å². The van der Waals surface area contributed by atoms with Gasteiger partial charge in [0.15, 0.2) is 0 Å². The van der Waals surface area contributed by atoms with Crippen molar-refractivity contribution in [2.24, 2.45) is 0 Å². The normalized spacial score (nSPS) is 11.9. The first kappa shape index (κ1) is 15.0. The van der Waals surface area contributed by atoms with Crippen LogP contribution in [0, 0.1) is 6.92 Å². The highest BCUT2D eigenvalue weighted by molar-refractivity contribution is 5.94. The van der Waals surface area contributed by atoms with Crippen LogP contribution in [0.4, 0.5) is 0 Å². The number of nitrogens with zero attached hydrogens (tertiary/aromatic N) is 1. The predicted molar refractivity (Wildman–Crippen MR) is 82.3 cm³/mol. The van der Waals surface area contributed by atoms with Crippen LogP contribution >= 0.6 is 0 Å². The lowest BCUT2D eigenvalue weighted by Crippen LogP contribution is -2.33. The van der Waals surface area contributed by atoms with Crippen LogP contribution in [-0.2, 0) is 6.42 Å². The van der Waals surface area contributed by atoms with Gasteiger partial charge < -0.3 is 10.4 Å². The highest BCUT2D eigenvalue weighted by Gasteiger charge is 2.10. The lowest BCUT2D eigenvalue weighted by Gasteiger charge is -2.14. The van der Waals surface area contributed by atoms with E-state index in [0.29, 0.717) is 5.56 Å². The largest absolute Gasteiger partial charge is 0.508 e. The second-order valence-electron chi connectivity index (χ2n) is 5.33. The third-order valence-electron chi connectivity index (χ3n) is 3.32. The van der Waals surface area contributed by atoms with Crippen molar-refractivity contribution >= 4 is 5.91 Å². The quantitative estimate of drug-likeness (QED) is 0.887. The Bertz CT molecular complexity index is 608. The number of nitrogens with one attached hydrogen (secondary N) is 1. The molecule has 0 saturated heterocycles. The van der Waals surface area contributed by atoms with Crippen molar-refractivity contribution in [2.45, 2.75) is 32.7 Å². The van der Waals surface area contributed by atoms with E-state index < -0.39 is 0 Å². The second-order valence-corrected chi connectivity index (χ2v) is 5.33. The van der Waals surface area contributed by atoms with E-state index in [1.165, 1.54) is 0 Å². The molecule has 1 aromatic carbocycles. The molecule has 0 aliphatic carbocycles. The summed E-state index contributed by atoms with van der Waals surface area (Å²) in [6.07, 6.45) is 5.00. The van der Waals surface area contributed by atoms with E-state index in [1.54, 1.807) is 24.5 Å². The maximum atomic E-state index is 12.1. The lowest BCUT2D eigenvalue weighted by molar-refractivity contribution is 0.0938. The highest BCUT2D eigenvalue weighted by Crippen LogP contribution is 2.12. The van der Waals surface area contributed by atoms with E-state index in [2.05, 4.69) is 10.3 Å². The number of pyridine rings is 1. The summed E-state index contributed by atoms with van der Waals surface area (Å²) in [5.41, 5.74) is 2.71. The van der Waals surface area contributed by atoms with Crippen molar-refractivity contribution in [1.29, 1.82) is 0 Å². The fourth-order valence-electron chi connectivity index (χ4n) is 2.10. The van der Waals surface area contributed by atoms with Crippen LogP contribution < -0.4 is 5.32 Å². The first-order valence-corrected chi connectivity index (χ1v) is 7.05. The molecule has 0 radical (unpaired) electrons. The molecule has 2 aromatic rings. The Hall–Kier alpha value is -2.36. The molecule has 1 amide bonds. The first-order chi connectivity index (χ1) is 10.0. The van der Waals surface area contributed by atoms with Crippen LogP contribution in [0.1, 0.15) is 34.8 Å². The Morgan fingerprint density at radius 1 is 1.29 bits per heavy atom. The van der Waals surface area contributed by atoms with Crippen molar-refractivity contribution in [2.75, 3.05) is 0 Å². The van der Waals surface area contributed by atoms with Gasteiger partial charge in [-0.1, -0.05) is 12.1 Å². The third-order valence-corrected chi connectivity index (χ3v) is 3.32. The fraction of sp³-hybridized carbons (Fsp3) is 0.294. The topological polar surface area (TPSA) is 62.2 Å². The molecule has 0 unspecified atom stereocenters. The van der Waals surface area contributed by atoms with E-state index in [9.17, 15) is 9.90 Å². The third kappa shape index (κ3) is 4.60.